The fourth-order valence-electron chi connectivity index (χ4n) is 6.61. The summed E-state index contributed by atoms with van der Waals surface area (Å²) in [4.78, 5) is 47.6. The molecule has 2 aliphatic rings. The van der Waals surface area contributed by atoms with E-state index in [1.54, 1.807) is 12.1 Å². The van der Waals surface area contributed by atoms with Gasteiger partial charge in [-0.3, -0.25) is 14.4 Å². The Kier molecular flexibility index (Phi) is 12.6. The lowest BCUT2D eigenvalue weighted by Crippen LogP contribution is -2.48. The number of carbonyl (C=O) groups is 3. The largest absolute Gasteiger partial charge is 0.344 e. The number of hydrogen-bond donors (Lipinski definition) is 4. The van der Waals surface area contributed by atoms with Gasteiger partial charge in [-0.15, -0.1) is 22.6 Å². The Morgan fingerprint density at radius 3 is 2.24 bits per heavy atom. The number of aromatic amines is 1. The number of nitrogens with two attached hydrogens (primary N) is 1. The fourth-order valence-corrected chi connectivity index (χ4v) is 6.74. The second kappa shape index (κ2) is 17.1. The van der Waals surface area contributed by atoms with Crippen LogP contribution in [0.25, 0.3) is 22.5 Å². The lowest BCUT2D eigenvalue weighted by Gasteiger charge is -2.32. The van der Waals surface area contributed by atoms with E-state index in [9.17, 15) is 14.4 Å². The fraction of sp³-hybridized carbons (Fsp3) is 0.378. The number of anilines is 1. The van der Waals surface area contributed by atoms with Crippen molar-refractivity contribution < 1.29 is 14.4 Å². The molecule has 1 aromatic heterocycles. The van der Waals surface area contributed by atoms with Crippen molar-refractivity contribution >= 4 is 47.4 Å². The van der Waals surface area contributed by atoms with Crippen LogP contribution in [0, 0.1) is 11.8 Å². The van der Waals surface area contributed by atoms with Crippen molar-refractivity contribution in [2.75, 3.05) is 45.1 Å². The van der Waals surface area contributed by atoms with Crippen LogP contribution in [0.2, 0.25) is 5.28 Å². The van der Waals surface area contributed by atoms with Gasteiger partial charge in [-0.25, -0.2) is 0 Å². The van der Waals surface area contributed by atoms with Crippen LogP contribution in [0.4, 0.5) is 5.69 Å². The highest BCUT2D eigenvalue weighted by atomic mass is 35.5. The summed E-state index contributed by atoms with van der Waals surface area (Å²) in [6, 6.07) is 21.9. The number of benzene rings is 3. The average molecular weight is 720 g/mol. The number of nitrogens with one attached hydrogen (secondary N) is 3. The van der Waals surface area contributed by atoms with Gasteiger partial charge in [0.1, 0.15) is 6.04 Å². The minimum Gasteiger partial charge on any atom is -0.344 e. The number of likely N-dealkylation sites (N-methyl/N-ethyl adjacent to an activating group) is 1. The van der Waals surface area contributed by atoms with E-state index >= 15 is 0 Å². The summed E-state index contributed by atoms with van der Waals surface area (Å²) in [7, 11) is 2.07. The van der Waals surface area contributed by atoms with E-state index in [2.05, 4.69) is 37.8 Å². The molecule has 13 heteroatoms. The molecule has 2 fully saturated rings. The molecule has 5 N–H and O–H groups in total. The van der Waals surface area contributed by atoms with Crippen LogP contribution < -0.4 is 16.4 Å². The average Bonchev–Trinajstić information content (AvgIpc) is 3.58. The number of amides is 3. The van der Waals surface area contributed by atoms with Gasteiger partial charge >= 0.3 is 0 Å². The summed E-state index contributed by atoms with van der Waals surface area (Å²) in [5.74, 6) is 0.412. The van der Waals surface area contributed by atoms with Crippen molar-refractivity contribution in [1.29, 1.82) is 0 Å². The summed E-state index contributed by atoms with van der Waals surface area (Å²) in [5.41, 5.74) is 10.6. The lowest BCUT2D eigenvalue weighted by atomic mass is 9.81. The maximum atomic E-state index is 13.8. The Bertz CT molecular complexity index is 1770. The van der Waals surface area contributed by atoms with Gasteiger partial charge in [-0.1, -0.05) is 36.4 Å². The quantitative estimate of drug-likeness (QED) is 0.180. The van der Waals surface area contributed by atoms with Crippen LogP contribution in [0.15, 0.2) is 72.8 Å². The first-order valence-corrected chi connectivity index (χ1v) is 17.3. The molecule has 3 amide bonds. The number of nitrogens with zero attached hydrogens (tertiary/aromatic N) is 4. The Labute approximate surface area is 303 Å². The zero-order valence-electron chi connectivity index (χ0n) is 28.1. The van der Waals surface area contributed by atoms with E-state index in [1.165, 1.54) is 0 Å². The molecule has 264 valence electrons. The Balaban J connectivity index is 0.00000486. The van der Waals surface area contributed by atoms with Crippen molar-refractivity contribution in [1.82, 2.24) is 30.3 Å². The number of hydrogen-bond acceptors (Lipinski definition) is 7. The number of rotatable bonds is 10. The lowest BCUT2D eigenvalue weighted by molar-refractivity contribution is -0.130. The van der Waals surface area contributed by atoms with Gasteiger partial charge in [0.05, 0.1) is 0 Å². The third kappa shape index (κ3) is 9.28. The van der Waals surface area contributed by atoms with E-state index in [0.29, 0.717) is 42.6 Å². The standard InChI is InChI=1S/C37H43ClN8O3.ClH/c1-45-16-18-46(19-17-45)36(49)30-7-3-6-29(22-30)28-5-2-4-25(20-28)21-32(41-34(47)27-10-8-24(23-39)9-11-27)35(48)40-31-14-12-26(13-15-31)33-42-37(38)44-43-33;/h2-7,12-15,20,22,24,27,32H,8-11,16-19,21,23,39H2,1H3,(H,40,48)(H,41,47)(H,42,43,44);1H/t24-,27-,32-;/m0./s1. The number of aromatic nitrogens is 3. The molecular formula is C37H44Cl2N8O3. The zero-order chi connectivity index (χ0) is 34.3. The maximum Gasteiger partial charge on any atom is 0.253 e. The van der Waals surface area contributed by atoms with Crippen molar-refractivity contribution in [2.24, 2.45) is 17.6 Å². The van der Waals surface area contributed by atoms with Crippen molar-refractivity contribution in [2.45, 2.75) is 38.1 Å². The number of H-pyrrole nitrogens is 1. The summed E-state index contributed by atoms with van der Waals surface area (Å²) in [5, 5.41) is 14.0. The van der Waals surface area contributed by atoms with Crippen LogP contribution in [0.1, 0.15) is 41.6 Å². The predicted molar refractivity (Wildman–Crippen MR) is 198 cm³/mol. The minimum absolute atomic E-state index is 0. The van der Waals surface area contributed by atoms with E-state index < -0.39 is 6.04 Å². The first-order valence-electron chi connectivity index (χ1n) is 16.9. The number of carbonyl (C=O) groups excluding carboxylic acids is 3. The number of piperazine rings is 1. The van der Waals surface area contributed by atoms with Gasteiger partial charge in [0.25, 0.3) is 5.91 Å². The molecule has 0 bridgehead atoms. The van der Waals surface area contributed by atoms with Gasteiger partial charge in [0.2, 0.25) is 17.1 Å². The first kappa shape index (κ1) is 37.0. The van der Waals surface area contributed by atoms with Gasteiger partial charge in [0, 0.05) is 55.3 Å². The molecule has 6 rings (SSSR count). The molecule has 1 aliphatic carbocycles. The predicted octanol–water partition coefficient (Wildman–Crippen LogP) is 5.03. The van der Waals surface area contributed by atoms with Gasteiger partial charge in [-0.05, 0) is 110 Å². The maximum absolute atomic E-state index is 13.8. The second-order valence-electron chi connectivity index (χ2n) is 13.1. The molecule has 4 aromatic rings. The molecule has 0 unspecified atom stereocenters. The topological polar surface area (TPSA) is 149 Å². The third-order valence-electron chi connectivity index (χ3n) is 9.67. The van der Waals surface area contributed by atoms with Gasteiger partial charge < -0.3 is 31.2 Å². The van der Waals surface area contributed by atoms with Crippen molar-refractivity contribution in [3.05, 3.63) is 89.2 Å². The minimum atomic E-state index is -0.812. The normalized spacial score (nSPS) is 18.5. The highest BCUT2D eigenvalue weighted by molar-refractivity contribution is 6.28. The Morgan fingerprint density at radius 1 is 0.900 bits per heavy atom. The molecule has 1 saturated carbocycles. The van der Waals surface area contributed by atoms with Crippen molar-refractivity contribution in [3.63, 3.8) is 0 Å². The molecule has 1 aliphatic heterocycles. The monoisotopic (exact) mass is 718 g/mol. The smallest absolute Gasteiger partial charge is 0.253 e. The van der Waals surface area contributed by atoms with E-state index in [1.807, 2.05) is 65.6 Å². The van der Waals surface area contributed by atoms with E-state index in [4.69, 9.17) is 17.3 Å². The third-order valence-corrected chi connectivity index (χ3v) is 9.84. The van der Waals surface area contributed by atoms with E-state index in [0.717, 1.165) is 61.0 Å². The van der Waals surface area contributed by atoms with Gasteiger partial charge in [0.15, 0.2) is 5.82 Å². The molecule has 50 heavy (non-hydrogen) atoms. The summed E-state index contributed by atoms with van der Waals surface area (Å²) in [6.07, 6.45) is 3.62. The SMILES string of the molecule is CN1CCN(C(=O)c2cccc(-c3cccc(C[C@H](NC(=O)[C@H]4CC[C@H](CN)CC4)C(=O)Nc4ccc(-c5nnc(Cl)[nH]5)cc4)c3)c2)CC1.Cl. The molecule has 1 atom stereocenters. The molecular weight excluding hydrogens is 675 g/mol. The first-order chi connectivity index (χ1) is 23.7. The molecule has 3 aromatic carbocycles. The van der Waals surface area contributed by atoms with E-state index in [-0.39, 0.29) is 47.8 Å². The van der Waals surface area contributed by atoms with Gasteiger partial charge in [-0.2, -0.15) is 0 Å². The van der Waals surface area contributed by atoms with Crippen molar-refractivity contribution in [3.8, 4) is 22.5 Å². The Morgan fingerprint density at radius 2 is 1.58 bits per heavy atom. The van der Waals surface area contributed by atoms with Crippen LogP contribution >= 0.6 is 24.0 Å². The number of halogens is 2. The van der Waals surface area contributed by atoms with Crippen LogP contribution in [0.3, 0.4) is 0 Å². The molecule has 0 radical (unpaired) electrons. The van der Waals surface area contributed by atoms with Crippen LogP contribution in [0.5, 0.6) is 0 Å². The summed E-state index contributed by atoms with van der Waals surface area (Å²) >= 11 is 5.88. The molecule has 0 spiro atoms. The second-order valence-corrected chi connectivity index (χ2v) is 13.5. The van der Waals surface area contributed by atoms with Crippen LogP contribution in [-0.2, 0) is 16.0 Å². The summed E-state index contributed by atoms with van der Waals surface area (Å²) < 4.78 is 0. The van der Waals surface area contributed by atoms with Crippen LogP contribution in [-0.4, -0.2) is 88.5 Å². The Hall–Kier alpha value is -4.29. The molecule has 1 saturated heterocycles. The molecule has 2 heterocycles. The summed E-state index contributed by atoms with van der Waals surface area (Å²) in [6.45, 7) is 3.76. The zero-order valence-corrected chi connectivity index (χ0v) is 29.7. The molecule has 11 nitrogen and oxygen atoms in total. The highest BCUT2D eigenvalue weighted by Crippen LogP contribution is 2.29. The highest BCUT2D eigenvalue weighted by Gasteiger charge is 2.29.